The largest absolute Gasteiger partial charge is 0.394 e. The summed E-state index contributed by atoms with van der Waals surface area (Å²) in [6, 6.07) is 0. The third kappa shape index (κ3) is 0.920. The fourth-order valence-corrected chi connectivity index (χ4v) is 0.882. The molecule has 1 fully saturated rings. The molecule has 3 atom stereocenters. The van der Waals surface area contributed by atoms with Crippen molar-refractivity contribution in [3.8, 4) is 0 Å². The van der Waals surface area contributed by atoms with Crippen molar-refractivity contribution in [2.24, 2.45) is 0 Å². The topological polar surface area (TPSA) is 90.2 Å². The Hall–Kier alpha value is -0.200. The zero-order valence-corrected chi connectivity index (χ0v) is 5.27. The molecule has 1 saturated heterocycles. The SMILES string of the molecule is OC[C@H]1OC(O)(CO)[C@H]1O. The van der Waals surface area contributed by atoms with Crippen LogP contribution in [0.2, 0.25) is 0 Å². The molecule has 1 aliphatic rings. The van der Waals surface area contributed by atoms with E-state index in [2.05, 4.69) is 4.74 Å². The van der Waals surface area contributed by atoms with Gasteiger partial charge in [0.05, 0.1) is 13.2 Å². The molecular formula is C5H10O5. The molecule has 1 heterocycles. The van der Waals surface area contributed by atoms with E-state index in [0.717, 1.165) is 0 Å². The molecule has 0 amide bonds. The highest BCUT2D eigenvalue weighted by molar-refractivity contribution is 4.93. The lowest BCUT2D eigenvalue weighted by atomic mass is 9.98. The van der Waals surface area contributed by atoms with Gasteiger partial charge >= 0.3 is 0 Å². The summed E-state index contributed by atoms with van der Waals surface area (Å²) in [5, 5.41) is 34.7. The molecule has 1 unspecified atom stereocenters. The molecule has 4 N–H and O–H groups in total. The highest BCUT2D eigenvalue weighted by Crippen LogP contribution is 2.29. The van der Waals surface area contributed by atoms with Crippen molar-refractivity contribution in [2.75, 3.05) is 13.2 Å². The Kier molecular flexibility index (Phi) is 1.93. The summed E-state index contributed by atoms with van der Waals surface area (Å²) in [4.78, 5) is 0. The first-order chi connectivity index (χ1) is 4.64. The molecule has 1 aliphatic heterocycles. The Balaban J connectivity index is 2.44. The Bertz CT molecular complexity index is 127. The number of rotatable bonds is 2. The van der Waals surface area contributed by atoms with Gasteiger partial charge in [0.1, 0.15) is 12.2 Å². The van der Waals surface area contributed by atoms with E-state index >= 15 is 0 Å². The molecule has 0 radical (unpaired) electrons. The number of ether oxygens (including phenoxy) is 1. The number of hydrogen-bond acceptors (Lipinski definition) is 5. The van der Waals surface area contributed by atoms with E-state index in [1.807, 2.05) is 0 Å². The van der Waals surface area contributed by atoms with Crippen LogP contribution in [0.5, 0.6) is 0 Å². The van der Waals surface area contributed by atoms with Crippen molar-refractivity contribution < 1.29 is 25.2 Å². The monoisotopic (exact) mass is 150 g/mol. The second-order valence-corrected chi connectivity index (χ2v) is 2.29. The summed E-state index contributed by atoms with van der Waals surface area (Å²) < 4.78 is 4.54. The Morgan fingerprint density at radius 1 is 1.40 bits per heavy atom. The van der Waals surface area contributed by atoms with Gasteiger partial charge in [-0.15, -0.1) is 0 Å². The second-order valence-electron chi connectivity index (χ2n) is 2.29. The maximum atomic E-state index is 8.96. The van der Waals surface area contributed by atoms with Gasteiger partial charge in [0.2, 0.25) is 5.79 Å². The molecule has 60 valence electrons. The molecule has 0 aromatic rings. The van der Waals surface area contributed by atoms with Gasteiger partial charge in [0.15, 0.2) is 0 Å². The molecule has 5 heteroatoms. The van der Waals surface area contributed by atoms with Crippen LogP contribution in [0.25, 0.3) is 0 Å². The summed E-state index contributed by atoms with van der Waals surface area (Å²) in [5.41, 5.74) is 0. The zero-order valence-electron chi connectivity index (χ0n) is 5.27. The molecule has 10 heavy (non-hydrogen) atoms. The number of aliphatic hydroxyl groups excluding tert-OH is 3. The maximum Gasteiger partial charge on any atom is 0.219 e. The molecule has 0 aromatic heterocycles. The summed E-state index contributed by atoms with van der Waals surface area (Å²) >= 11 is 0. The van der Waals surface area contributed by atoms with Crippen LogP contribution in [0.1, 0.15) is 0 Å². The molecule has 1 rings (SSSR count). The van der Waals surface area contributed by atoms with E-state index in [-0.39, 0.29) is 6.61 Å². The van der Waals surface area contributed by atoms with E-state index in [4.69, 9.17) is 20.4 Å². The summed E-state index contributed by atoms with van der Waals surface area (Å²) in [5.74, 6) is -1.85. The van der Waals surface area contributed by atoms with Crippen LogP contribution < -0.4 is 0 Å². The van der Waals surface area contributed by atoms with Crippen LogP contribution in [0.4, 0.5) is 0 Å². The van der Waals surface area contributed by atoms with Crippen LogP contribution >= 0.6 is 0 Å². The minimum Gasteiger partial charge on any atom is -0.394 e. The lowest BCUT2D eigenvalue weighted by Crippen LogP contribution is -2.67. The Morgan fingerprint density at radius 2 is 2.00 bits per heavy atom. The zero-order chi connectivity index (χ0) is 7.78. The van der Waals surface area contributed by atoms with Crippen LogP contribution in [0, 0.1) is 0 Å². The van der Waals surface area contributed by atoms with Crippen molar-refractivity contribution >= 4 is 0 Å². The average Bonchev–Trinajstić information content (AvgIpc) is 1.98. The van der Waals surface area contributed by atoms with E-state index in [9.17, 15) is 0 Å². The van der Waals surface area contributed by atoms with Gasteiger partial charge in [-0.3, -0.25) is 0 Å². The fourth-order valence-electron chi connectivity index (χ4n) is 0.882. The molecule has 0 spiro atoms. The Morgan fingerprint density at radius 3 is 2.30 bits per heavy atom. The summed E-state index contributed by atoms with van der Waals surface area (Å²) in [7, 11) is 0. The van der Waals surface area contributed by atoms with Crippen molar-refractivity contribution in [3.63, 3.8) is 0 Å². The van der Waals surface area contributed by atoms with Gasteiger partial charge in [0, 0.05) is 0 Å². The third-order valence-electron chi connectivity index (χ3n) is 1.58. The van der Waals surface area contributed by atoms with Gasteiger partial charge in [-0.25, -0.2) is 0 Å². The smallest absolute Gasteiger partial charge is 0.219 e. The molecule has 0 aromatic carbocycles. The average molecular weight is 150 g/mol. The van der Waals surface area contributed by atoms with E-state index in [0.29, 0.717) is 0 Å². The summed E-state index contributed by atoms with van der Waals surface area (Å²) in [6.07, 6.45) is -1.96. The normalized spacial score (nSPS) is 46.8. The summed E-state index contributed by atoms with van der Waals surface area (Å²) in [6.45, 7) is -1.02. The molecular weight excluding hydrogens is 140 g/mol. The highest BCUT2D eigenvalue weighted by Gasteiger charge is 2.53. The van der Waals surface area contributed by atoms with Crippen molar-refractivity contribution in [1.82, 2.24) is 0 Å². The standard InChI is InChI=1S/C5H10O5/c6-1-3-4(8)5(9,2-7)10-3/h3-4,6-9H,1-2H2/t3-,4+,5?/m1/s1. The van der Waals surface area contributed by atoms with Crippen molar-refractivity contribution in [1.29, 1.82) is 0 Å². The van der Waals surface area contributed by atoms with Gasteiger partial charge in [-0.05, 0) is 0 Å². The first kappa shape index (κ1) is 7.90. The van der Waals surface area contributed by atoms with E-state index in [1.54, 1.807) is 0 Å². The lowest BCUT2D eigenvalue weighted by Gasteiger charge is -2.46. The minimum absolute atomic E-state index is 0.358. The highest BCUT2D eigenvalue weighted by atomic mass is 16.7. The van der Waals surface area contributed by atoms with Gasteiger partial charge < -0.3 is 25.2 Å². The molecule has 5 nitrogen and oxygen atoms in total. The quantitative estimate of drug-likeness (QED) is 0.347. The Labute approximate surface area is 57.5 Å². The number of aliphatic hydroxyl groups is 4. The van der Waals surface area contributed by atoms with Gasteiger partial charge in [0.25, 0.3) is 0 Å². The van der Waals surface area contributed by atoms with Crippen molar-refractivity contribution in [3.05, 3.63) is 0 Å². The first-order valence-corrected chi connectivity index (χ1v) is 2.94. The van der Waals surface area contributed by atoms with E-state index in [1.165, 1.54) is 0 Å². The van der Waals surface area contributed by atoms with E-state index < -0.39 is 24.6 Å². The van der Waals surface area contributed by atoms with Gasteiger partial charge in [-0.2, -0.15) is 0 Å². The van der Waals surface area contributed by atoms with Crippen LogP contribution in [-0.2, 0) is 4.74 Å². The van der Waals surface area contributed by atoms with Crippen LogP contribution in [0.3, 0.4) is 0 Å². The predicted octanol–water partition coefficient (Wildman–Crippen LogP) is -2.58. The molecule has 0 bridgehead atoms. The van der Waals surface area contributed by atoms with Crippen LogP contribution in [0.15, 0.2) is 0 Å². The number of hydrogen-bond donors (Lipinski definition) is 4. The fraction of sp³-hybridized carbons (Fsp3) is 1.00. The van der Waals surface area contributed by atoms with Gasteiger partial charge in [-0.1, -0.05) is 0 Å². The van der Waals surface area contributed by atoms with Crippen LogP contribution in [-0.4, -0.2) is 51.6 Å². The van der Waals surface area contributed by atoms with Crippen molar-refractivity contribution in [2.45, 2.75) is 18.0 Å². The molecule has 0 saturated carbocycles. The second kappa shape index (κ2) is 2.44. The predicted molar refractivity (Wildman–Crippen MR) is 30.0 cm³/mol. The minimum atomic E-state index is -1.85. The maximum absolute atomic E-state index is 8.96. The lowest BCUT2D eigenvalue weighted by molar-refractivity contribution is -0.396. The first-order valence-electron chi connectivity index (χ1n) is 2.94. The molecule has 0 aliphatic carbocycles. The third-order valence-corrected chi connectivity index (χ3v) is 1.58.